The zero-order valence-corrected chi connectivity index (χ0v) is 15.4. The first-order chi connectivity index (χ1) is 12.6. The Labute approximate surface area is 154 Å². The van der Waals surface area contributed by atoms with E-state index in [2.05, 4.69) is 4.90 Å². The Kier molecular flexibility index (Phi) is 5.00. The molecule has 2 heterocycles. The van der Waals surface area contributed by atoms with E-state index in [-0.39, 0.29) is 23.4 Å². The molecule has 2 aliphatic heterocycles. The van der Waals surface area contributed by atoms with E-state index in [9.17, 15) is 13.6 Å². The summed E-state index contributed by atoms with van der Waals surface area (Å²) in [5.74, 6) is -0.734. The number of carbonyl (C=O) groups excluding carboxylic acids is 1. The molecule has 1 aromatic rings. The fourth-order valence-corrected chi connectivity index (χ4v) is 5.23. The molecule has 2 saturated heterocycles. The minimum absolute atomic E-state index is 0.140. The van der Waals surface area contributed by atoms with Gasteiger partial charge >= 0.3 is 0 Å². The maximum Gasteiger partial charge on any atom is 0.230 e. The number of likely N-dealkylation sites (tertiary alicyclic amines) is 2. The van der Waals surface area contributed by atoms with Crippen LogP contribution in [0.1, 0.15) is 50.5 Å². The van der Waals surface area contributed by atoms with Crippen molar-refractivity contribution in [1.29, 1.82) is 0 Å². The van der Waals surface area contributed by atoms with Gasteiger partial charge in [0.1, 0.15) is 0 Å². The topological polar surface area (TPSA) is 23.6 Å². The zero-order chi connectivity index (χ0) is 18.1. The summed E-state index contributed by atoms with van der Waals surface area (Å²) in [4.78, 5) is 17.4. The lowest BCUT2D eigenvalue weighted by molar-refractivity contribution is -0.146. The Morgan fingerprint density at radius 3 is 2.69 bits per heavy atom. The molecule has 4 rings (SSSR count). The smallest absolute Gasteiger partial charge is 0.230 e. The first-order valence-corrected chi connectivity index (χ1v) is 10.0. The Hall–Kier alpha value is -1.49. The van der Waals surface area contributed by atoms with E-state index in [1.54, 1.807) is 11.0 Å². The molecule has 1 unspecified atom stereocenters. The second-order valence-electron chi connectivity index (χ2n) is 8.46. The summed E-state index contributed by atoms with van der Waals surface area (Å²) in [6.07, 6.45) is 8.10. The normalized spacial score (nSPS) is 27.8. The third-order valence-corrected chi connectivity index (χ3v) is 6.64. The predicted octanol–water partition coefficient (Wildman–Crippen LogP) is 3.97. The number of carbonyl (C=O) groups is 1. The van der Waals surface area contributed by atoms with E-state index in [0.29, 0.717) is 6.54 Å². The number of rotatable bonds is 4. The number of benzene rings is 1. The molecule has 1 aliphatic carbocycles. The Bertz CT molecular complexity index is 674. The van der Waals surface area contributed by atoms with E-state index >= 15 is 0 Å². The molecule has 5 heteroatoms. The van der Waals surface area contributed by atoms with Crippen molar-refractivity contribution in [3.05, 3.63) is 35.4 Å². The van der Waals surface area contributed by atoms with Crippen molar-refractivity contribution in [2.45, 2.75) is 51.5 Å². The molecule has 0 aromatic heterocycles. The van der Waals surface area contributed by atoms with Crippen LogP contribution in [0.3, 0.4) is 0 Å². The molecule has 1 aromatic carbocycles. The first kappa shape index (κ1) is 17.9. The summed E-state index contributed by atoms with van der Waals surface area (Å²) >= 11 is 0. The third-order valence-electron chi connectivity index (χ3n) is 6.64. The van der Waals surface area contributed by atoms with Gasteiger partial charge in [0, 0.05) is 31.7 Å². The fraction of sp³-hybridized carbons (Fsp3) is 0.667. The van der Waals surface area contributed by atoms with Crippen LogP contribution in [0.15, 0.2) is 18.2 Å². The van der Waals surface area contributed by atoms with Crippen molar-refractivity contribution in [2.24, 2.45) is 11.3 Å². The van der Waals surface area contributed by atoms with Crippen LogP contribution in [-0.2, 0) is 11.3 Å². The molecule has 1 atom stereocenters. The van der Waals surface area contributed by atoms with Gasteiger partial charge in [0.15, 0.2) is 11.6 Å². The number of hydrogen-bond acceptors (Lipinski definition) is 2. The molecule has 3 nitrogen and oxygen atoms in total. The Morgan fingerprint density at radius 2 is 1.88 bits per heavy atom. The molecule has 0 radical (unpaired) electrons. The second kappa shape index (κ2) is 7.26. The molecular weight excluding hydrogens is 334 g/mol. The molecule has 3 fully saturated rings. The van der Waals surface area contributed by atoms with Gasteiger partial charge in [0.25, 0.3) is 0 Å². The number of amides is 1. The monoisotopic (exact) mass is 362 g/mol. The number of hydrogen-bond donors (Lipinski definition) is 0. The van der Waals surface area contributed by atoms with Crippen LogP contribution >= 0.6 is 0 Å². The molecule has 0 bridgehead atoms. The molecule has 142 valence electrons. The largest absolute Gasteiger partial charge is 0.338 e. The van der Waals surface area contributed by atoms with Crippen molar-refractivity contribution >= 4 is 5.91 Å². The highest BCUT2D eigenvalue weighted by Crippen LogP contribution is 2.41. The zero-order valence-electron chi connectivity index (χ0n) is 15.4. The molecule has 1 spiro atoms. The summed E-state index contributed by atoms with van der Waals surface area (Å²) < 4.78 is 27.5. The third kappa shape index (κ3) is 3.38. The Balaban J connectivity index is 1.43. The second-order valence-corrected chi connectivity index (χ2v) is 8.46. The average Bonchev–Trinajstić information content (AvgIpc) is 3.27. The summed E-state index contributed by atoms with van der Waals surface area (Å²) in [5, 5.41) is 0. The van der Waals surface area contributed by atoms with E-state index in [1.807, 2.05) is 0 Å². The highest BCUT2D eigenvalue weighted by molar-refractivity contribution is 5.84. The fourth-order valence-electron chi connectivity index (χ4n) is 5.23. The number of piperidine rings is 1. The minimum atomic E-state index is -0.842. The van der Waals surface area contributed by atoms with Crippen molar-refractivity contribution in [3.8, 4) is 0 Å². The van der Waals surface area contributed by atoms with Gasteiger partial charge in [0.2, 0.25) is 5.91 Å². The van der Waals surface area contributed by atoms with Gasteiger partial charge in [-0.05, 0) is 50.6 Å². The Morgan fingerprint density at radius 1 is 1.08 bits per heavy atom. The van der Waals surface area contributed by atoms with Gasteiger partial charge in [-0.2, -0.15) is 0 Å². The summed E-state index contributed by atoms with van der Waals surface area (Å²) in [6.45, 7) is 3.76. The van der Waals surface area contributed by atoms with Crippen LogP contribution in [-0.4, -0.2) is 41.9 Å². The van der Waals surface area contributed by atoms with Crippen molar-refractivity contribution in [1.82, 2.24) is 9.80 Å². The van der Waals surface area contributed by atoms with E-state index in [4.69, 9.17) is 0 Å². The van der Waals surface area contributed by atoms with Crippen LogP contribution in [0.5, 0.6) is 0 Å². The molecular formula is C21H28F2N2O. The predicted molar refractivity (Wildman–Crippen MR) is 96.5 cm³/mol. The lowest BCUT2D eigenvalue weighted by atomic mass is 9.78. The van der Waals surface area contributed by atoms with Crippen molar-refractivity contribution in [2.75, 3.05) is 26.2 Å². The first-order valence-electron chi connectivity index (χ1n) is 10.0. The van der Waals surface area contributed by atoms with Gasteiger partial charge in [-0.15, -0.1) is 0 Å². The van der Waals surface area contributed by atoms with Gasteiger partial charge in [-0.25, -0.2) is 8.78 Å². The van der Waals surface area contributed by atoms with Crippen LogP contribution in [0.2, 0.25) is 0 Å². The van der Waals surface area contributed by atoms with Gasteiger partial charge < -0.3 is 9.80 Å². The summed E-state index contributed by atoms with van der Waals surface area (Å²) in [5.41, 5.74) is -0.0306. The van der Waals surface area contributed by atoms with Gasteiger partial charge in [-0.1, -0.05) is 25.0 Å². The van der Waals surface area contributed by atoms with Gasteiger partial charge in [0.05, 0.1) is 5.41 Å². The van der Waals surface area contributed by atoms with E-state index in [1.165, 1.54) is 31.7 Å². The lowest BCUT2D eigenvalue weighted by Crippen LogP contribution is -2.49. The SMILES string of the molecule is O=C1N(Cc2cccc(F)c2F)CCCC12CCN(CC1CCCC1)C2. The molecule has 0 N–H and O–H groups in total. The number of halogens is 2. The maximum absolute atomic E-state index is 14.0. The number of nitrogens with zero attached hydrogens (tertiary/aromatic N) is 2. The van der Waals surface area contributed by atoms with Crippen LogP contribution in [0, 0.1) is 23.0 Å². The summed E-state index contributed by atoms with van der Waals surface area (Å²) in [6, 6.07) is 4.21. The molecule has 1 saturated carbocycles. The van der Waals surface area contributed by atoms with Crippen LogP contribution in [0.25, 0.3) is 0 Å². The van der Waals surface area contributed by atoms with Crippen molar-refractivity contribution < 1.29 is 13.6 Å². The van der Waals surface area contributed by atoms with Crippen LogP contribution in [0.4, 0.5) is 8.78 Å². The van der Waals surface area contributed by atoms with Crippen molar-refractivity contribution in [3.63, 3.8) is 0 Å². The maximum atomic E-state index is 14.0. The average molecular weight is 362 g/mol. The van der Waals surface area contributed by atoms with E-state index < -0.39 is 11.6 Å². The van der Waals surface area contributed by atoms with E-state index in [0.717, 1.165) is 50.9 Å². The molecule has 26 heavy (non-hydrogen) atoms. The highest BCUT2D eigenvalue weighted by atomic mass is 19.2. The molecule has 3 aliphatic rings. The van der Waals surface area contributed by atoms with Gasteiger partial charge in [-0.3, -0.25) is 4.79 Å². The van der Waals surface area contributed by atoms with Crippen LogP contribution < -0.4 is 0 Å². The molecule has 1 amide bonds. The highest BCUT2D eigenvalue weighted by Gasteiger charge is 2.48. The summed E-state index contributed by atoms with van der Waals surface area (Å²) in [7, 11) is 0. The minimum Gasteiger partial charge on any atom is -0.338 e. The lowest BCUT2D eigenvalue weighted by Gasteiger charge is -2.39. The quantitative estimate of drug-likeness (QED) is 0.809. The standard InChI is InChI=1S/C21H28F2N2O/c22-18-8-3-7-17(19(18)23)14-25-11-4-9-21(20(25)26)10-12-24(15-21)13-16-5-1-2-6-16/h3,7-8,16H,1-2,4-6,9-15H2.